The van der Waals surface area contributed by atoms with E-state index < -0.39 is 23.9 Å². The van der Waals surface area contributed by atoms with Crippen molar-refractivity contribution in [3.05, 3.63) is 53.6 Å². The zero-order valence-electron chi connectivity index (χ0n) is 18.3. The van der Waals surface area contributed by atoms with Gasteiger partial charge in [-0.1, -0.05) is 18.2 Å². The van der Waals surface area contributed by atoms with Gasteiger partial charge in [0.1, 0.15) is 18.5 Å². The molecule has 0 heterocycles. The number of carboxylic acids is 2. The number of methoxy groups -OCH3 is 2. The second-order valence-corrected chi connectivity index (χ2v) is 6.58. The third-order valence-corrected chi connectivity index (χ3v) is 4.19. The minimum atomic E-state index is -1.82. The van der Waals surface area contributed by atoms with Crippen LogP contribution in [0.1, 0.15) is 15.9 Å². The van der Waals surface area contributed by atoms with Crippen molar-refractivity contribution < 1.29 is 43.9 Å². The average Bonchev–Trinajstić information content (AvgIpc) is 2.80. The van der Waals surface area contributed by atoms with E-state index in [1.165, 1.54) is 0 Å². The Morgan fingerprint density at radius 1 is 0.970 bits per heavy atom. The Labute approximate surface area is 190 Å². The summed E-state index contributed by atoms with van der Waals surface area (Å²) in [7, 11) is 3.21. The van der Waals surface area contributed by atoms with Gasteiger partial charge in [-0.2, -0.15) is 0 Å². The molecule has 2 rings (SSSR count). The van der Waals surface area contributed by atoms with Crippen LogP contribution in [0.15, 0.2) is 42.5 Å². The summed E-state index contributed by atoms with van der Waals surface area (Å²) < 4.78 is 16.0. The number of carbonyl (C=O) groups is 3. The lowest BCUT2D eigenvalue weighted by Gasteiger charge is -2.15. The number of carboxylic acid groups (broad SMARTS) is 2. The Morgan fingerprint density at radius 3 is 2.18 bits per heavy atom. The molecule has 11 nitrogen and oxygen atoms in total. The van der Waals surface area contributed by atoms with Crippen LogP contribution in [0.25, 0.3) is 0 Å². The molecule has 2 aromatic carbocycles. The van der Waals surface area contributed by atoms with Crippen molar-refractivity contribution in [1.82, 2.24) is 5.32 Å². The van der Waals surface area contributed by atoms with Crippen molar-refractivity contribution in [1.29, 1.82) is 0 Å². The zero-order chi connectivity index (χ0) is 24.8. The SMILES string of the molecule is COc1ccc(CCNCC(O)COc2ccccc2C(N)=O)cc1OC.O=C(O)C(=O)O. The van der Waals surface area contributed by atoms with Gasteiger partial charge in [0.05, 0.1) is 19.8 Å². The number of aliphatic hydroxyl groups excluding tert-OH is 1. The molecule has 33 heavy (non-hydrogen) atoms. The van der Waals surface area contributed by atoms with E-state index in [9.17, 15) is 9.90 Å². The van der Waals surface area contributed by atoms with Gasteiger partial charge in [-0.05, 0) is 42.8 Å². The van der Waals surface area contributed by atoms with Crippen LogP contribution in [0.3, 0.4) is 0 Å². The lowest BCUT2D eigenvalue weighted by molar-refractivity contribution is -0.159. The van der Waals surface area contributed by atoms with Crippen molar-refractivity contribution in [3.63, 3.8) is 0 Å². The summed E-state index contributed by atoms with van der Waals surface area (Å²) in [6.45, 7) is 1.12. The summed E-state index contributed by atoms with van der Waals surface area (Å²) in [6, 6.07) is 12.5. The molecule has 0 fully saturated rings. The highest BCUT2D eigenvalue weighted by Crippen LogP contribution is 2.27. The van der Waals surface area contributed by atoms with E-state index in [0.717, 1.165) is 12.0 Å². The smallest absolute Gasteiger partial charge is 0.414 e. The summed E-state index contributed by atoms with van der Waals surface area (Å²) in [5.41, 5.74) is 6.70. The zero-order valence-corrected chi connectivity index (χ0v) is 18.3. The fraction of sp³-hybridized carbons (Fsp3) is 0.318. The van der Waals surface area contributed by atoms with Crippen molar-refractivity contribution in [2.45, 2.75) is 12.5 Å². The number of para-hydroxylation sites is 1. The molecule has 1 amide bonds. The fourth-order valence-corrected chi connectivity index (χ4v) is 2.58. The number of aliphatic hydroxyl groups is 1. The second-order valence-electron chi connectivity index (χ2n) is 6.58. The largest absolute Gasteiger partial charge is 0.493 e. The van der Waals surface area contributed by atoms with E-state index in [-0.39, 0.29) is 6.61 Å². The van der Waals surface area contributed by atoms with Gasteiger partial charge < -0.3 is 40.6 Å². The molecule has 0 aliphatic rings. The summed E-state index contributed by atoms with van der Waals surface area (Å²) >= 11 is 0. The molecule has 1 atom stereocenters. The van der Waals surface area contributed by atoms with Crippen LogP contribution in [-0.2, 0) is 16.0 Å². The highest BCUT2D eigenvalue weighted by molar-refractivity contribution is 6.27. The van der Waals surface area contributed by atoms with Crippen molar-refractivity contribution in [3.8, 4) is 17.2 Å². The van der Waals surface area contributed by atoms with Gasteiger partial charge in [0, 0.05) is 6.54 Å². The summed E-state index contributed by atoms with van der Waals surface area (Å²) in [4.78, 5) is 29.5. The van der Waals surface area contributed by atoms with Crippen molar-refractivity contribution >= 4 is 17.8 Å². The third-order valence-electron chi connectivity index (χ3n) is 4.19. The molecule has 0 aromatic heterocycles. The summed E-state index contributed by atoms with van der Waals surface area (Å²) in [6.07, 6.45) is 0.0645. The Kier molecular flexibility index (Phi) is 11.8. The van der Waals surface area contributed by atoms with Crippen LogP contribution in [0.4, 0.5) is 0 Å². The minimum absolute atomic E-state index is 0.0631. The second kappa shape index (κ2) is 14.3. The van der Waals surface area contributed by atoms with E-state index in [1.807, 2.05) is 18.2 Å². The number of benzene rings is 2. The number of hydrogen-bond acceptors (Lipinski definition) is 8. The maximum Gasteiger partial charge on any atom is 0.414 e. The van der Waals surface area contributed by atoms with Gasteiger partial charge in [-0.3, -0.25) is 4.79 Å². The molecular formula is C22H28N2O9. The maximum absolute atomic E-state index is 11.3. The van der Waals surface area contributed by atoms with Crippen LogP contribution < -0.4 is 25.3 Å². The quantitative estimate of drug-likeness (QED) is 0.233. The molecule has 2 aromatic rings. The lowest BCUT2D eigenvalue weighted by Crippen LogP contribution is -2.32. The van der Waals surface area contributed by atoms with Crippen LogP contribution in [0.2, 0.25) is 0 Å². The van der Waals surface area contributed by atoms with Gasteiger partial charge in [0.2, 0.25) is 0 Å². The van der Waals surface area contributed by atoms with Crippen LogP contribution in [-0.4, -0.2) is 73.2 Å². The van der Waals surface area contributed by atoms with E-state index in [4.69, 9.17) is 39.7 Å². The predicted octanol–water partition coefficient (Wildman–Crippen LogP) is 0.530. The van der Waals surface area contributed by atoms with Gasteiger partial charge in [0.15, 0.2) is 11.5 Å². The van der Waals surface area contributed by atoms with E-state index in [2.05, 4.69) is 5.32 Å². The minimum Gasteiger partial charge on any atom is -0.493 e. The van der Waals surface area contributed by atoms with E-state index in [1.54, 1.807) is 38.5 Å². The molecule has 0 aliphatic heterocycles. The number of nitrogens with two attached hydrogens (primary N) is 1. The molecular weight excluding hydrogens is 436 g/mol. The number of carbonyl (C=O) groups excluding carboxylic acids is 1. The van der Waals surface area contributed by atoms with Crippen LogP contribution >= 0.6 is 0 Å². The van der Waals surface area contributed by atoms with Gasteiger partial charge in [0.25, 0.3) is 5.91 Å². The van der Waals surface area contributed by atoms with Crippen LogP contribution in [0.5, 0.6) is 17.2 Å². The standard InChI is InChI=1S/C20H26N2O5.C2H2O4/c1-25-18-8-7-14(11-19(18)26-2)9-10-22-12-15(23)13-27-17-6-4-3-5-16(17)20(21)24;3-1(4)2(5)6/h3-8,11,15,22-23H,9-10,12-13H2,1-2H3,(H2,21,24);(H,3,4)(H,5,6). The molecule has 0 saturated heterocycles. The normalized spacial score (nSPS) is 10.9. The Hall–Kier alpha value is -3.83. The van der Waals surface area contributed by atoms with Gasteiger partial charge in [-0.25, -0.2) is 9.59 Å². The Balaban J connectivity index is 0.000000801. The number of rotatable bonds is 11. The number of amides is 1. The van der Waals surface area contributed by atoms with Gasteiger partial charge in [-0.15, -0.1) is 0 Å². The molecule has 0 saturated carbocycles. The maximum atomic E-state index is 11.3. The highest BCUT2D eigenvalue weighted by atomic mass is 16.5. The molecule has 0 radical (unpaired) electrons. The number of ether oxygens (including phenoxy) is 3. The Bertz CT molecular complexity index is 922. The molecule has 6 N–H and O–H groups in total. The monoisotopic (exact) mass is 464 g/mol. The van der Waals surface area contributed by atoms with E-state index in [0.29, 0.717) is 35.9 Å². The molecule has 0 aliphatic carbocycles. The molecule has 180 valence electrons. The van der Waals surface area contributed by atoms with Gasteiger partial charge >= 0.3 is 11.9 Å². The number of hydrogen-bond donors (Lipinski definition) is 5. The lowest BCUT2D eigenvalue weighted by atomic mass is 10.1. The Morgan fingerprint density at radius 2 is 1.61 bits per heavy atom. The third kappa shape index (κ3) is 9.89. The van der Waals surface area contributed by atoms with Crippen LogP contribution in [0, 0.1) is 0 Å². The van der Waals surface area contributed by atoms with Crippen molar-refractivity contribution in [2.24, 2.45) is 5.73 Å². The number of aliphatic carboxylic acids is 2. The summed E-state index contributed by atoms with van der Waals surface area (Å²) in [5, 5.41) is 28.0. The van der Waals surface area contributed by atoms with E-state index >= 15 is 0 Å². The highest BCUT2D eigenvalue weighted by Gasteiger charge is 2.11. The first-order valence-electron chi connectivity index (χ1n) is 9.77. The molecule has 1 unspecified atom stereocenters. The summed E-state index contributed by atoms with van der Waals surface area (Å²) in [5.74, 6) is -2.46. The molecule has 11 heteroatoms. The van der Waals surface area contributed by atoms with Crippen molar-refractivity contribution in [2.75, 3.05) is 33.9 Å². The average molecular weight is 464 g/mol. The first kappa shape index (κ1) is 27.2. The molecule has 0 spiro atoms. The first-order chi connectivity index (χ1) is 15.7. The predicted molar refractivity (Wildman–Crippen MR) is 118 cm³/mol. The fourth-order valence-electron chi connectivity index (χ4n) is 2.58. The number of nitrogens with one attached hydrogen (secondary N) is 1. The topological polar surface area (TPSA) is 178 Å². The molecule has 0 bridgehead atoms. The number of primary amides is 1. The first-order valence-corrected chi connectivity index (χ1v) is 9.77.